The Morgan fingerprint density at radius 1 is 0.870 bits per heavy atom. The Morgan fingerprint density at radius 2 is 1.52 bits per heavy atom. The highest BCUT2D eigenvalue weighted by molar-refractivity contribution is 6.14. The van der Waals surface area contributed by atoms with Gasteiger partial charge in [0.2, 0.25) is 0 Å². The predicted octanol–water partition coefficient (Wildman–Crippen LogP) is 1.95. The van der Waals surface area contributed by atoms with E-state index in [0.717, 1.165) is 6.07 Å². The lowest BCUT2D eigenvalue weighted by atomic mass is 10.1. The summed E-state index contributed by atoms with van der Waals surface area (Å²) in [5, 5.41) is 17.4. The number of hydrogen-bond acceptors (Lipinski definition) is 5. The number of carbonyl (C=O) groups excluding carboxylic acids is 2. The van der Waals surface area contributed by atoms with Crippen LogP contribution in [0.2, 0.25) is 0 Å². The predicted molar refractivity (Wildman–Crippen MR) is 74.4 cm³/mol. The van der Waals surface area contributed by atoms with E-state index in [-0.39, 0.29) is 29.9 Å². The summed E-state index contributed by atoms with van der Waals surface area (Å²) in [6, 6.07) is 8.15. The van der Waals surface area contributed by atoms with Crippen LogP contribution >= 0.6 is 0 Å². The molecule has 0 fully saturated rings. The first-order valence-corrected chi connectivity index (χ1v) is 6.52. The quantitative estimate of drug-likeness (QED) is 0.652. The van der Waals surface area contributed by atoms with Gasteiger partial charge in [0.25, 0.3) is 0 Å². The molecule has 0 aromatic heterocycles. The van der Waals surface area contributed by atoms with Gasteiger partial charge in [0.15, 0.2) is 0 Å². The van der Waals surface area contributed by atoms with E-state index < -0.39 is 23.6 Å². The molecule has 23 heavy (non-hydrogen) atoms. The van der Waals surface area contributed by atoms with Crippen LogP contribution in [0.25, 0.3) is 0 Å². The van der Waals surface area contributed by atoms with Crippen molar-refractivity contribution in [2.75, 3.05) is 0 Å². The third-order valence-corrected chi connectivity index (χ3v) is 3.17. The third-order valence-electron chi connectivity index (χ3n) is 3.17. The van der Waals surface area contributed by atoms with Crippen LogP contribution in [-0.4, -0.2) is 22.2 Å². The minimum atomic E-state index is -0.909. The van der Waals surface area contributed by atoms with Crippen LogP contribution in [0, 0.1) is 11.6 Å². The van der Waals surface area contributed by atoms with Gasteiger partial charge in [-0.25, -0.2) is 18.4 Å². The normalized spacial score (nSPS) is 12.3. The van der Waals surface area contributed by atoms with Gasteiger partial charge in [-0.1, -0.05) is 18.2 Å². The van der Waals surface area contributed by atoms with E-state index in [4.69, 9.17) is 10.2 Å². The van der Waals surface area contributed by atoms with E-state index >= 15 is 0 Å². The van der Waals surface area contributed by atoms with E-state index in [0.29, 0.717) is 5.56 Å². The van der Waals surface area contributed by atoms with E-state index in [1.54, 1.807) is 6.07 Å². The van der Waals surface area contributed by atoms with Crippen molar-refractivity contribution in [1.82, 2.24) is 0 Å². The summed E-state index contributed by atoms with van der Waals surface area (Å²) < 4.78 is 29.8. The van der Waals surface area contributed by atoms with Gasteiger partial charge >= 0.3 is 11.9 Å². The number of esters is 2. The molecule has 0 amide bonds. The number of aliphatic hydroxyl groups is 2. The molecular formula is C16H12F2O5. The van der Waals surface area contributed by atoms with E-state index in [2.05, 4.69) is 4.74 Å². The smallest absolute Gasteiger partial charge is 0.349 e. The van der Waals surface area contributed by atoms with Crippen LogP contribution in [0.3, 0.4) is 0 Å². The molecule has 1 aliphatic rings. The van der Waals surface area contributed by atoms with Crippen molar-refractivity contribution in [3.05, 3.63) is 70.3 Å². The van der Waals surface area contributed by atoms with Gasteiger partial charge in [0, 0.05) is 5.56 Å². The number of rotatable bonds is 2. The molecule has 0 saturated carbocycles. The number of halogens is 2. The van der Waals surface area contributed by atoms with Crippen molar-refractivity contribution in [3.8, 4) is 0 Å². The molecule has 0 radical (unpaired) electrons. The lowest BCUT2D eigenvalue weighted by Crippen LogP contribution is -1.98. The topological polar surface area (TPSA) is 83.8 Å². The SMILES string of the molecule is O=C1OC(=O)c2c(F)cccc21.OCc1cccc(F)c1CO. The van der Waals surface area contributed by atoms with Crippen molar-refractivity contribution in [2.24, 2.45) is 0 Å². The Morgan fingerprint density at radius 3 is 2.09 bits per heavy atom. The maximum Gasteiger partial charge on any atom is 0.349 e. The summed E-state index contributed by atoms with van der Waals surface area (Å²) in [4.78, 5) is 21.6. The molecule has 7 heteroatoms. The van der Waals surface area contributed by atoms with Crippen LogP contribution < -0.4 is 0 Å². The van der Waals surface area contributed by atoms with Crippen molar-refractivity contribution in [1.29, 1.82) is 0 Å². The molecule has 120 valence electrons. The number of carbonyl (C=O) groups is 2. The maximum absolute atomic E-state index is 12.9. The first-order valence-electron chi connectivity index (χ1n) is 6.52. The fourth-order valence-electron chi connectivity index (χ4n) is 2.02. The Balaban J connectivity index is 0.000000168. The highest BCUT2D eigenvalue weighted by Gasteiger charge is 2.32. The first-order chi connectivity index (χ1) is 11.0. The van der Waals surface area contributed by atoms with E-state index in [1.807, 2.05) is 0 Å². The number of benzene rings is 2. The summed E-state index contributed by atoms with van der Waals surface area (Å²) in [7, 11) is 0. The van der Waals surface area contributed by atoms with Crippen molar-refractivity contribution in [2.45, 2.75) is 13.2 Å². The van der Waals surface area contributed by atoms with Crippen LogP contribution in [0.1, 0.15) is 31.8 Å². The molecular weight excluding hydrogens is 310 g/mol. The fourth-order valence-corrected chi connectivity index (χ4v) is 2.02. The molecule has 0 aliphatic carbocycles. The molecule has 0 saturated heterocycles. The summed E-state index contributed by atoms with van der Waals surface area (Å²) in [5.74, 6) is -2.88. The van der Waals surface area contributed by atoms with Crippen LogP contribution in [0.5, 0.6) is 0 Å². The van der Waals surface area contributed by atoms with Gasteiger partial charge in [-0.3, -0.25) is 0 Å². The third kappa shape index (κ3) is 3.41. The molecule has 0 atom stereocenters. The zero-order valence-corrected chi connectivity index (χ0v) is 11.8. The van der Waals surface area contributed by atoms with Crippen molar-refractivity contribution >= 4 is 11.9 Å². The number of ether oxygens (including phenoxy) is 1. The Bertz CT molecular complexity index is 758. The van der Waals surface area contributed by atoms with Crippen LogP contribution in [-0.2, 0) is 18.0 Å². The van der Waals surface area contributed by atoms with Crippen molar-refractivity contribution < 1.29 is 33.3 Å². The van der Waals surface area contributed by atoms with E-state index in [9.17, 15) is 18.4 Å². The van der Waals surface area contributed by atoms with Crippen molar-refractivity contribution in [3.63, 3.8) is 0 Å². The number of cyclic esters (lactones) is 2. The van der Waals surface area contributed by atoms with Gasteiger partial charge in [-0.15, -0.1) is 0 Å². The van der Waals surface area contributed by atoms with Gasteiger partial charge in [-0.2, -0.15) is 0 Å². The Labute approximate surface area is 129 Å². The molecule has 1 aliphatic heterocycles. The molecule has 0 bridgehead atoms. The average Bonchev–Trinajstić information content (AvgIpc) is 2.83. The first kappa shape index (κ1) is 16.7. The molecule has 0 unspecified atom stereocenters. The van der Waals surface area contributed by atoms with Gasteiger partial charge in [0.05, 0.1) is 18.8 Å². The zero-order valence-electron chi connectivity index (χ0n) is 11.8. The summed E-state index contributed by atoms with van der Waals surface area (Å²) in [5.41, 5.74) is 0.352. The second-order valence-corrected chi connectivity index (χ2v) is 4.53. The molecule has 3 rings (SSSR count). The summed E-state index contributed by atoms with van der Waals surface area (Å²) >= 11 is 0. The van der Waals surface area contributed by atoms with Crippen LogP contribution in [0.4, 0.5) is 8.78 Å². The zero-order chi connectivity index (χ0) is 17.0. The standard InChI is InChI=1S/C8H3FO3.C8H9FO2/c9-5-3-1-2-4-6(5)8(11)12-7(4)10;9-8-3-1-2-6(4-10)7(8)5-11/h1-3H;1-3,10-11H,4-5H2. The highest BCUT2D eigenvalue weighted by Crippen LogP contribution is 2.21. The van der Waals surface area contributed by atoms with Crippen LogP contribution in [0.15, 0.2) is 36.4 Å². The van der Waals surface area contributed by atoms with Gasteiger partial charge in [0.1, 0.15) is 17.2 Å². The second-order valence-electron chi connectivity index (χ2n) is 4.53. The van der Waals surface area contributed by atoms with E-state index in [1.165, 1.54) is 24.3 Å². The summed E-state index contributed by atoms with van der Waals surface area (Å²) in [6.45, 7) is -0.615. The monoisotopic (exact) mass is 322 g/mol. The fraction of sp³-hybridized carbons (Fsp3) is 0.125. The minimum Gasteiger partial charge on any atom is -0.392 e. The minimum absolute atomic E-state index is 0.000000000000000444. The largest absolute Gasteiger partial charge is 0.392 e. The van der Waals surface area contributed by atoms with Gasteiger partial charge in [-0.05, 0) is 23.8 Å². The number of fused-ring (bicyclic) bond motifs is 1. The Hall–Kier alpha value is -2.64. The maximum atomic E-state index is 12.9. The summed E-state index contributed by atoms with van der Waals surface area (Å²) in [6.07, 6.45) is 0. The average molecular weight is 322 g/mol. The Kier molecular flexibility index (Phi) is 5.15. The lowest BCUT2D eigenvalue weighted by Gasteiger charge is -2.03. The molecule has 2 N–H and O–H groups in total. The molecule has 2 aromatic carbocycles. The molecule has 1 heterocycles. The van der Waals surface area contributed by atoms with Gasteiger partial charge < -0.3 is 14.9 Å². The highest BCUT2D eigenvalue weighted by atomic mass is 19.1. The second kappa shape index (κ2) is 7.08. The number of aliphatic hydroxyl groups excluding tert-OH is 2. The lowest BCUT2D eigenvalue weighted by molar-refractivity contribution is 0.0442. The molecule has 5 nitrogen and oxygen atoms in total. The molecule has 2 aromatic rings. The molecule has 0 spiro atoms. The number of hydrogen-bond donors (Lipinski definition) is 2.